The van der Waals surface area contributed by atoms with Gasteiger partial charge in [0.15, 0.2) is 11.5 Å². The van der Waals surface area contributed by atoms with Crippen molar-refractivity contribution >= 4 is 40.3 Å². The van der Waals surface area contributed by atoms with Crippen LogP contribution in [0.25, 0.3) is 0 Å². The number of ether oxygens (including phenoxy) is 3. The van der Waals surface area contributed by atoms with Crippen LogP contribution in [0.3, 0.4) is 0 Å². The molecule has 2 aromatic rings. The van der Waals surface area contributed by atoms with Gasteiger partial charge >= 0.3 is 5.97 Å². The zero-order valence-electron chi connectivity index (χ0n) is 15.5. The number of rotatable bonds is 10. The predicted octanol–water partition coefficient (Wildman–Crippen LogP) is 4.15. The number of anilines is 1. The maximum absolute atomic E-state index is 11.5. The fourth-order valence-corrected chi connectivity index (χ4v) is 3.03. The highest BCUT2D eigenvalue weighted by Crippen LogP contribution is 2.34. The van der Waals surface area contributed by atoms with E-state index in [9.17, 15) is 4.79 Å². The van der Waals surface area contributed by atoms with E-state index in [1.807, 2.05) is 6.92 Å². The lowest BCUT2D eigenvalue weighted by molar-refractivity contribution is -0.142. The van der Waals surface area contributed by atoms with Crippen molar-refractivity contribution in [2.24, 2.45) is 5.10 Å². The Morgan fingerprint density at radius 3 is 2.93 bits per heavy atom. The Balaban J connectivity index is 2.08. The molecule has 2 rings (SSSR count). The van der Waals surface area contributed by atoms with Gasteiger partial charge in [0.05, 0.1) is 38.7 Å². The molecule has 0 fully saturated rings. The summed E-state index contributed by atoms with van der Waals surface area (Å²) in [5.41, 5.74) is 4.16. The van der Waals surface area contributed by atoms with Gasteiger partial charge in [0.2, 0.25) is 5.13 Å². The molecule has 0 aliphatic heterocycles. The Bertz CT molecular complexity index is 795. The van der Waals surface area contributed by atoms with Crippen LogP contribution in [0.5, 0.6) is 11.5 Å². The quantitative estimate of drug-likeness (QED) is 0.359. The summed E-state index contributed by atoms with van der Waals surface area (Å²) in [6, 6.07) is 3.44. The smallest absolute Gasteiger partial charge is 0.311 e. The summed E-state index contributed by atoms with van der Waals surface area (Å²) < 4.78 is 16.0. The van der Waals surface area contributed by atoms with Crippen molar-refractivity contribution in [2.45, 2.75) is 26.7 Å². The molecule has 0 unspecified atom stereocenters. The first-order valence-electron chi connectivity index (χ1n) is 8.46. The molecular weight excluding hydrogens is 390 g/mol. The van der Waals surface area contributed by atoms with Crippen LogP contribution in [0.15, 0.2) is 22.6 Å². The van der Waals surface area contributed by atoms with Gasteiger partial charge in [-0.1, -0.05) is 18.5 Å². The molecule has 0 spiro atoms. The van der Waals surface area contributed by atoms with Crippen molar-refractivity contribution in [3.8, 4) is 11.5 Å². The van der Waals surface area contributed by atoms with Crippen LogP contribution in [-0.2, 0) is 16.0 Å². The van der Waals surface area contributed by atoms with Crippen molar-refractivity contribution in [2.75, 3.05) is 25.7 Å². The van der Waals surface area contributed by atoms with E-state index < -0.39 is 0 Å². The van der Waals surface area contributed by atoms with E-state index >= 15 is 0 Å². The molecule has 1 N–H and O–H groups in total. The molecule has 7 nitrogen and oxygen atoms in total. The van der Waals surface area contributed by atoms with Gasteiger partial charge in [0.1, 0.15) is 0 Å². The van der Waals surface area contributed by atoms with Crippen LogP contribution in [0.1, 0.15) is 31.5 Å². The average molecular weight is 412 g/mol. The first-order valence-corrected chi connectivity index (χ1v) is 9.72. The second-order valence-corrected chi connectivity index (χ2v) is 6.67. The Hall–Kier alpha value is -2.32. The summed E-state index contributed by atoms with van der Waals surface area (Å²) in [6.45, 7) is 4.69. The third kappa shape index (κ3) is 6.41. The Kier molecular flexibility index (Phi) is 8.35. The zero-order chi connectivity index (χ0) is 19.6. The van der Waals surface area contributed by atoms with Crippen LogP contribution >= 0.6 is 22.9 Å². The summed E-state index contributed by atoms with van der Waals surface area (Å²) in [6.07, 6.45) is 2.59. The lowest BCUT2D eigenvalue weighted by Crippen LogP contribution is -2.07. The Labute approximate surface area is 167 Å². The molecule has 0 bridgehead atoms. The van der Waals surface area contributed by atoms with Crippen LogP contribution in [0.2, 0.25) is 5.02 Å². The highest BCUT2D eigenvalue weighted by atomic mass is 35.5. The number of esters is 1. The zero-order valence-corrected chi connectivity index (χ0v) is 17.0. The number of hydrazone groups is 1. The van der Waals surface area contributed by atoms with Crippen molar-refractivity contribution in [1.82, 2.24) is 4.98 Å². The third-order valence-corrected chi connectivity index (χ3v) is 4.28. The number of nitrogens with zero attached hydrogens (tertiary/aromatic N) is 2. The number of halogens is 1. The maximum atomic E-state index is 11.5. The molecule has 0 amide bonds. The fourth-order valence-electron chi connectivity index (χ4n) is 2.15. The molecule has 0 atom stereocenters. The number of thiazole rings is 1. The molecule has 1 aromatic carbocycles. The second-order valence-electron chi connectivity index (χ2n) is 5.37. The normalized spacial score (nSPS) is 10.8. The lowest BCUT2D eigenvalue weighted by atomic mass is 10.2. The number of aromatic nitrogens is 1. The first kappa shape index (κ1) is 21.0. The highest BCUT2D eigenvalue weighted by molar-refractivity contribution is 7.13. The summed E-state index contributed by atoms with van der Waals surface area (Å²) >= 11 is 7.48. The molecule has 0 radical (unpaired) electrons. The molecule has 0 saturated heterocycles. The highest BCUT2D eigenvalue weighted by Gasteiger charge is 2.12. The van der Waals surface area contributed by atoms with Gasteiger partial charge in [-0.2, -0.15) is 5.10 Å². The number of carbonyl (C=O) groups is 1. The van der Waals surface area contributed by atoms with Gasteiger partial charge in [-0.05, 0) is 19.4 Å². The minimum absolute atomic E-state index is 0.135. The SMILES string of the molecule is CCCOc1c(C=NNc2nc(CC(=O)OCC)cs2)cc(Cl)cc1OC. The monoisotopic (exact) mass is 411 g/mol. The van der Waals surface area contributed by atoms with Crippen molar-refractivity contribution in [3.05, 3.63) is 33.8 Å². The van der Waals surface area contributed by atoms with Crippen LogP contribution in [-0.4, -0.2) is 37.5 Å². The number of hydrogen-bond acceptors (Lipinski definition) is 8. The van der Waals surface area contributed by atoms with Gasteiger partial charge in [-0.3, -0.25) is 10.2 Å². The first-order chi connectivity index (χ1) is 13.1. The minimum Gasteiger partial charge on any atom is -0.493 e. The third-order valence-electron chi connectivity index (χ3n) is 3.27. The van der Waals surface area contributed by atoms with Crippen LogP contribution in [0.4, 0.5) is 5.13 Å². The van der Waals surface area contributed by atoms with E-state index in [-0.39, 0.29) is 12.4 Å². The molecule has 0 saturated carbocycles. The van der Waals surface area contributed by atoms with Crippen molar-refractivity contribution in [3.63, 3.8) is 0 Å². The Morgan fingerprint density at radius 2 is 2.22 bits per heavy atom. The van der Waals surface area contributed by atoms with Gasteiger partial charge in [-0.25, -0.2) is 4.98 Å². The van der Waals surface area contributed by atoms with Crippen LogP contribution in [0, 0.1) is 0 Å². The van der Waals surface area contributed by atoms with Gasteiger partial charge in [-0.15, -0.1) is 11.3 Å². The van der Waals surface area contributed by atoms with Crippen molar-refractivity contribution < 1.29 is 19.0 Å². The van der Waals surface area contributed by atoms with Gasteiger partial charge in [0.25, 0.3) is 0 Å². The fraction of sp³-hybridized carbons (Fsp3) is 0.389. The predicted molar refractivity (Wildman–Crippen MR) is 107 cm³/mol. The number of benzene rings is 1. The lowest BCUT2D eigenvalue weighted by Gasteiger charge is -2.13. The minimum atomic E-state index is -0.304. The summed E-state index contributed by atoms with van der Waals surface area (Å²) in [4.78, 5) is 15.8. The molecule has 1 heterocycles. The van der Waals surface area contributed by atoms with Gasteiger partial charge < -0.3 is 14.2 Å². The average Bonchev–Trinajstić information content (AvgIpc) is 3.07. The van der Waals surface area contributed by atoms with E-state index in [4.69, 9.17) is 25.8 Å². The van der Waals surface area contributed by atoms with E-state index in [1.165, 1.54) is 11.3 Å². The standard InChI is InChI=1S/C18H22ClN3O4S/c1-4-6-26-17-12(7-13(19)8-15(17)24-3)10-20-22-18-21-14(11-27-18)9-16(23)25-5-2/h7-8,10-11H,4-6,9H2,1-3H3,(H,21,22). The van der Waals surface area contributed by atoms with Crippen LogP contribution < -0.4 is 14.9 Å². The summed E-state index contributed by atoms with van der Waals surface area (Å²) in [5, 5.41) is 7.06. The topological polar surface area (TPSA) is 82.0 Å². The van der Waals surface area contributed by atoms with E-state index in [0.717, 1.165) is 6.42 Å². The number of nitrogens with one attached hydrogen (secondary N) is 1. The molecule has 9 heteroatoms. The molecule has 27 heavy (non-hydrogen) atoms. The van der Waals surface area contributed by atoms with E-state index in [2.05, 4.69) is 15.5 Å². The van der Waals surface area contributed by atoms with E-state index in [1.54, 1.807) is 37.8 Å². The Morgan fingerprint density at radius 1 is 1.41 bits per heavy atom. The molecule has 146 valence electrons. The molecular formula is C18H22ClN3O4S. The summed E-state index contributed by atoms with van der Waals surface area (Å²) in [5.74, 6) is 0.821. The molecule has 0 aliphatic rings. The second kappa shape index (κ2) is 10.7. The largest absolute Gasteiger partial charge is 0.493 e. The molecule has 0 aliphatic carbocycles. The van der Waals surface area contributed by atoms with E-state index in [0.29, 0.717) is 46.1 Å². The number of methoxy groups -OCH3 is 1. The number of hydrogen-bond donors (Lipinski definition) is 1. The maximum Gasteiger partial charge on any atom is 0.311 e. The summed E-state index contributed by atoms with van der Waals surface area (Å²) in [7, 11) is 1.56. The molecule has 1 aromatic heterocycles. The van der Waals surface area contributed by atoms with Gasteiger partial charge in [0, 0.05) is 22.0 Å². The number of carbonyl (C=O) groups excluding carboxylic acids is 1. The van der Waals surface area contributed by atoms with Crippen molar-refractivity contribution in [1.29, 1.82) is 0 Å².